The molecule has 0 unspecified atom stereocenters. The smallest absolute Gasteiger partial charge is 0.226 e. The minimum absolute atomic E-state index is 0.0603. The van der Waals surface area contributed by atoms with Gasteiger partial charge in [-0.2, -0.15) is 5.10 Å². The van der Waals surface area contributed by atoms with Crippen LogP contribution in [0.2, 0.25) is 0 Å². The van der Waals surface area contributed by atoms with Gasteiger partial charge in [0.1, 0.15) is 0 Å². The number of hydrogen-bond acceptors (Lipinski definition) is 7. The minimum Gasteiger partial charge on any atom is -0.341 e. The Morgan fingerprint density at radius 3 is 2.37 bits per heavy atom. The topological polar surface area (TPSA) is 70.4 Å². The Balaban J connectivity index is 1.49. The van der Waals surface area contributed by atoms with E-state index in [1.165, 1.54) is 24.8 Å². The number of nitrogens with zero attached hydrogens (tertiary/aromatic N) is 7. The Hall–Kier alpha value is -2.52. The SMILES string of the molecule is Cc1nn(C)c(C)c1-c1nc(N2CCCCC2)nc2c(CN3CCN(C(=O)C(C)C)CC3)csc12. The van der Waals surface area contributed by atoms with E-state index in [-0.39, 0.29) is 11.8 Å². The summed E-state index contributed by atoms with van der Waals surface area (Å²) < 4.78 is 3.10. The van der Waals surface area contributed by atoms with E-state index >= 15 is 0 Å². The van der Waals surface area contributed by atoms with Gasteiger partial charge in [0, 0.05) is 75.6 Å². The van der Waals surface area contributed by atoms with Crippen LogP contribution in [0, 0.1) is 19.8 Å². The fourth-order valence-electron chi connectivity index (χ4n) is 5.32. The van der Waals surface area contributed by atoms with Gasteiger partial charge < -0.3 is 9.80 Å². The first-order valence-electron chi connectivity index (χ1n) is 12.9. The number of carbonyl (C=O) groups excluding carboxylic acids is 1. The van der Waals surface area contributed by atoms with Crippen molar-refractivity contribution in [1.29, 1.82) is 0 Å². The van der Waals surface area contributed by atoms with E-state index in [0.29, 0.717) is 0 Å². The molecule has 0 saturated carbocycles. The summed E-state index contributed by atoms with van der Waals surface area (Å²) in [6, 6.07) is 0. The Kier molecular flexibility index (Phi) is 6.81. The molecule has 3 aromatic rings. The molecule has 0 atom stereocenters. The number of anilines is 1. The molecular formula is C26H37N7OS. The van der Waals surface area contributed by atoms with Crippen molar-refractivity contribution < 1.29 is 4.79 Å². The zero-order valence-electron chi connectivity index (χ0n) is 21.7. The Morgan fingerprint density at radius 1 is 1.03 bits per heavy atom. The van der Waals surface area contributed by atoms with Crippen LogP contribution in [0.3, 0.4) is 0 Å². The van der Waals surface area contributed by atoms with Crippen LogP contribution < -0.4 is 4.90 Å². The number of aromatic nitrogens is 4. The summed E-state index contributed by atoms with van der Waals surface area (Å²) in [4.78, 5) is 29.5. The molecule has 0 radical (unpaired) electrons. The van der Waals surface area contributed by atoms with E-state index in [2.05, 4.69) is 34.1 Å². The monoisotopic (exact) mass is 495 g/mol. The summed E-state index contributed by atoms with van der Waals surface area (Å²) in [6.07, 6.45) is 3.66. The van der Waals surface area contributed by atoms with Crippen LogP contribution in [0.1, 0.15) is 50.1 Å². The largest absolute Gasteiger partial charge is 0.341 e. The maximum atomic E-state index is 12.4. The number of carbonyl (C=O) groups is 1. The highest BCUT2D eigenvalue weighted by atomic mass is 32.1. The molecule has 9 heteroatoms. The number of fused-ring (bicyclic) bond motifs is 1. The molecule has 2 aliphatic heterocycles. The molecule has 2 saturated heterocycles. The van der Waals surface area contributed by atoms with E-state index in [9.17, 15) is 4.79 Å². The Labute approximate surface area is 211 Å². The molecule has 2 fully saturated rings. The van der Waals surface area contributed by atoms with Gasteiger partial charge in [0.2, 0.25) is 11.9 Å². The number of aryl methyl sites for hydroxylation is 2. The van der Waals surface area contributed by atoms with E-state index in [0.717, 1.165) is 84.6 Å². The van der Waals surface area contributed by atoms with E-state index in [4.69, 9.17) is 9.97 Å². The number of piperidine rings is 1. The van der Waals surface area contributed by atoms with Gasteiger partial charge in [-0.25, -0.2) is 9.97 Å². The van der Waals surface area contributed by atoms with Crippen LogP contribution in [0.15, 0.2) is 5.38 Å². The molecule has 3 aromatic heterocycles. The van der Waals surface area contributed by atoms with E-state index < -0.39 is 0 Å². The van der Waals surface area contributed by atoms with Crippen molar-refractivity contribution in [2.45, 2.75) is 53.5 Å². The first-order valence-corrected chi connectivity index (χ1v) is 13.8. The molecule has 0 spiro atoms. The van der Waals surface area contributed by atoms with Crippen LogP contribution in [-0.4, -0.2) is 74.7 Å². The second kappa shape index (κ2) is 9.85. The molecule has 0 aliphatic carbocycles. The highest BCUT2D eigenvalue weighted by molar-refractivity contribution is 7.17. The number of piperazine rings is 1. The molecule has 188 valence electrons. The van der Waals surface area contributed by atoms with Gasteiger partial charge in [0.25, 0.3) is 0 Å². The molecule has 0 aromatic carbocycles. The molecule has 1 amide bonds. The fraction of sp³-hybridized carbons (Fsp3) is 0.615. The van der Waals surface area contributed by atoms with Crippen LogP contribution in [0.5, 0.6) is 0 Å². The standard InChI is InChI=1S/C26H37N7OS/c1-17(2)25(34)32-13-11-31(12-14-32)15-20-16-35-24-22(20)27-26(33-9-7-6-8-10-33)28-23(24)21-18(3)29-30(5)19(21)4/h16-17H,6-15H2,1-5H3. The average Bonchev–Trinajstić information content (AvgIpc) is 3.38. The fourth-order valence-corrected chi connectivity index (χ4v) is 6.31. The molecule has 5 heterocycles. The van der Waals surface area contributed by atoms with Gasteiger partial charge >= 0.3 is 0 Å². The second-order valence-electron chi connectivity index (χ2n) is 10.3. The molecular weight excluding hydrogens is 458 g/mol. The maximum absolute atomic E-state index is 12.4. The van der Waals surface area contributed by atoms with Crippen molar-refractivity contribution in [3.63, 3.8) is 0 Å². The highest BCUT2D eigenvalue weighted by Crippen LogP contribution is 2.38. The minimum atomic E-state index is 0.0603. The van der Waals surface area contributed by atoms with Crippen LogP contribution in [-0.2, 0) is 18.4 Å². The zero-order valence-corrected chi connectivity index (χ0v) is 22.5. The van der Waals surface area contributed by atoms with Crippen molar-refractivity contribution in [2.75, 3.05) is 44.2 Å². The first kappa shape index (κ1) is 24.2. The highest BCUT2D eigenvalue weighted by Gasteiger charge is 2.26. The summed E-state index contributed by atoms with van der Waals surface area (Å²) in [6.45, 7) is 14.4. The van der Waals surface area contributed by atoms with Gasteiger partial charge in [-0.05, 0) is 38.5 Å². The predicted molar refractivity (Wildman–Crippen MR) is 142 cm³/mol. The lowest BCUT2D eigenvalue weighted by atomic mass is 10.1. The Morgan fingerprint density at radius 2 is 1.74 bits per heavy atom. The predicted octanol–water partition coefficient (Wildman–Crippen LogP) is 4.00. The normalized spacial score (nSPS) is 17.7. The van der Waals surface area contributed by atoms with Crippen molar-refractivity contribution in [3.8, 4) is 11.3 Å². The van der Waals surface area contributed by atoms with Crippen molar-refractivity contribution in [1.82, 2.24) is 29.5 Å². The van der Waals surface area contributed by atoms with Crippen LogP contribution in [0.4, 0.5) is 5.95 Å². The summed E-state index contributed by atoms with van der Waals surface area (Å²) in [5.74, 6) is 1.17. The first-order chi connectivity index (χ1) is 16.8. The molecule has 35 heavy (non-hydrogen) atoms. The van der Waals surface area contributed by atoms with Crippen molar-refractivity contribution >= 4 is 33.4 Å². The number of hydrogen-bond donors (Lipinski definition) is 0. The third-order valence-corrected chi connectivity index (χ3v) is 8.46. The summed E-state index contributed by atoms with van der Waals surface area (Å²) >= 11 is 1.74. The summed E-state index contributed by atoms with van der Waals surface area (Å²) in [7, 11) is 2.00. The van der Waals surface area contributed by atoms with E-state index in [1.807, 2.05) is 30.5 Å². The van der Waals surface area contributed by atoms with Crippen LogP contribution >= 0.6 is 11.3 Å². The van der Waals surface area contributed by atoms with Gasteiger partial charge in [0.15, 0.2) is 0 Å². The molecule has 5 rings (SSSR count). The van der Waals surface area contributed by atoms with Gasteiger partial charge in [-0.1, -0.05) is 13.8 Å². The average molecular weight is 496 g/mol. The lowest BCUT2D eigenvalue weighted by molar-refractivity contribution is -0.136. The lowest BCUT2D eigenvalue weighted by Gasteiger charge is -2.35. The quantitative estimate of drug-likeness (QED) is 0.533. The van der Waals surface area contributed by atoms with Crippen molar-refractivity contribution in [3.05, 3.63) is 22.3 Å². The summed E-state index contributed by atoms with van der Waals surface area (Å²) in [5, 5.41) is 6.94. The Bertz CT molecular complexity index is 1220. The number of rotatable bonds is 5. The number of amides is 1. The lowest BCUT2D eigenvalue weighted by Crippen LogP contribution is -2.49. The van der Waals surface area contributed by atoms with Gasteiger partial charge in [-0.15, -0.1) is 11.3 Å². The molecule has 0 bridgehead atoms. The van der Waals surface area contributed by atoms with Crippen LogP contribution in [0.25, 0.3) is 21.5 Å². The van der Waals surface area contributed by atoms with Gasteiger partial charge in [-0.3, -0.25) is 14.4 Å². The number of thiophene rings is 1. The molecule has 8 nitrogen and oxygen atoms in total. The maximum Gasteiger partial charge on any atom is 0.226 e. The van der Waals surface area contributed by atoms with Crippen molar-refractivity contribution in [2.24, 2.45) is 13.0 Å². The van der Waals surface area contributed by atoms with E-state index in [1.54, 1.807) is 11.3 Å². The molecule has 2 aliphatic rings. The zero-order chi connectivity index (χ0) is 24.7. The second-order valence-corrected chi connectivity index (χ2v) is 11.2. The third-order valence-electron chi connectivity index (χ3n) is 7.43. The summed E-state index contributed by atoms with van der Waals surface area (Å²) in [5.41, 5.74) is 6.62. The third kappa shape index (κ3) is 4.68. The van der Waals surface area contributed by atoms with Gasteiger partial charge in [0.05, 0.1) is 21.6 Å². The molecule has 0 N–H and O–H groups in total.